The van der Waals surface area contributed by atoms with Crippen molar-refractivity contribution in [1.82, 2.24) is 9.97 Å². The van der Waals surface area contributed by atoms with Crippen LogP contribution in [0.2, 0.25) is 0 Å². The highest BCUT2D eigenvalue weighted by Crippen LogP contribution is 2.34. The molecule has 0 amide bonds. The molecule has 2 aromatic heterocycles. The lowest BCUT2D eigenvalue weighted by molar-refractivity contribution is 0.123. The summed E-state index contributed by atoms with van der Waals surface area (Å²) in [6, 6.07) is 2.12. The van der Waals surface area contributed by atoms with E-state index in [1.165, 1.54) is 16.6 Å². The molecule has 0 saturated carbocycles. The van der Waals surface area contributed by atoms with Gasteiger partial charge in [0.2, 0.25) is 0 Å². The van der Waals surface area contributed by atoms with Crippen LogP contribution < -0.4 is 10.2 Å². The predicted octanol–water partition coefficient (Wildman–Crippen LogP) is 1.43. The van der Waals surface area contributed by atoms with Gasteiger partial charge in [0, 0.05) is 42.5 Å². The number of nitrogens with one attached hydrogen (secondary N) is 1. The molecule has 19 heavy (non-hydrogen) atoms. The first kappa shape index (κ1) is 11.0. The summed E-state index contributed by atoms with van der Waals surface area (Å²) in [5, 5.41) is 4.60. The zero-order valence-corrected chi connectivity index (χ0v) is 10.7. The van der Waals surface area contributed by atoms with Gasteiger partial charge in [0.05, 0.1) is 24.9 Å². The molecular weight excluding hydrogens is 240 g/mol. The molecule has 0 bridgehead atoms. The van der Waals surface area contributed by atoms with Crippen LogP contribution in [0.3, 0.4) is 0 Å². The van der Waals surface area contributed by atoms with Crippen LogP contribution in [0.25, 0.3) is 10.9 Å². The molecule has 0 aromatic carbocycles. The Balaban J connectivity index is 1.92. The Hall–Kier alpha value is -1.88. The quantitative estimate of drug-likeness (QED) is 0.836. The van der Waals surface area contributed by atoms with Crippen LogP contribution in [0.15, 0.2) is 18.5 Å². The first-order valence-electron chi connectivity index (χ1n) is 6.76. The summed E-state index contributed by atoms with van der Waals surface area (Å²) in [5.74, 6) is 1.02. The number of morpholine rings is 1. The Labute approximate surface area is 111 Å². The number of hydrogen-bond donors (Lipinski definition) is 1. The van der Waals surface area contributed by atoms with E-state index in [0.29, 0.717) is 0 Å². The number of pyridine rings is 2. The lowest BCUT2D eigenvalue weighted by Gasteiger charge is -2.30. The molecule has 0 unspecified atom stereocenters. The molecule has 2 aliphatic heterocycles. The Morgan fingerprint density at radius 3 is 3.00 bits per heavy atom. The minimum atomic E-state index is 0.801. The summed E-state index contributed by atoms with van der Waals surface area (Å²) >= 11 is 0. The minimum absolute atomic E-state index is 0.801. The summed E-state index contributed by atoms with van der Waals surface area (Å²) in [6.45, 7) is 4.47. The van der Waals surface area contributed by atoms with Gasteiger partial charge in [-0.15, -0.1) is 0 Å². The van der Waals surface area contributed by atoms with E-state index >= 15 is 0 Å². The average molecular weight is 256 g/mol. The molecule has 2 aromatic rings. The van der Waals surface area contributed by atoms with E-state index in [1.54, 1.807) is 0 Å². The van der Waals surface area contributed by atoms with Crippen molar-refractivity contribution in [3.05, 3.63) is 24.0 Å². The molecule has 98 valence electrons. The Morgan fingerprint density at radius 2 is 2.11 bits per heavy atom. The molecule has 2 aliphatic rings. The van der Waals surface area contributed by atoms with Gasteiger partial charge in [0.1, 0.15) is 5.82 Å². The molecule has 0 radical (unpaired) electrons. The normalized spacial score (nSPS) is 18.4. The summed E-state index contributed by atoms with van der Waals surface area (Å²) in [7, 11) is 0. The third-order valence-electron chi connectivity index (χ3n) is 3.88. The highest BCUT2D eigenvalue weighted by atomic mass is 16.5. The molecular formula is C14H16N4O. The van der Waals surface area contributed by atoms with Crippen LogP contribution in [-0.4, -0.2) is 42.8 Å². The van der Waals surface area contributed by atoms with Crippen molar-refractivity contribution in [1.29, 1.82) is 0 Å². The Kier molecular flexibility index (Phi) is 2.51. The largest absolute Gasteiger partial charge is 0.378 e. The van der Waals surface area contributed by atoms with Gasteiger partial charge < -0.3 is 15.0 Å². The van der Waals surface area contributed by atoms with Crippen LogP contribution in [0.4, 0.5) is 11.5 Å². The first-order valence-corrected chi connectivity index (χ1v) is 6.76. The van der Waals surface area contributed by atoms with Crippen LogP contribution in [0, 0.1) is 0 Å². The lowest BCUT2D eigenvalue weighted by Crippen LogP contribution is -2.36. The van der Waals surface area contributed by atoms with Gasteiger partial charge >= 0.3 is 0 Å². The van der Waals surface area contributed by atoms with E-state index in [0.717, 1.165) is 50.6 Å². The SMILES string of the molecule is c1cc(N2CCOCC2)c2c3c(ncc2n1)NCC3. The van der Waals surface area contributed by atoms with Gasteiger partial charge in [0.15, 0.2) is 0 Å². The second-order valence-corrected chi connectivity index (χ2v) is 4.95. The minimum Gasteiger partial charge on any atom is -0.378 e. The number of anilines is 2. The van der Waals surface area contributed by atoms with E-state index in [1.807, 2.05) is 12.4 Å². The van der Waals surface area contributed by atoms with Crippen molar-refractivity contribution in [2.24, 2.45) is 0 Å². The van der Waals surface area contributed by atoms with Crippen LogP contribution in [0.5, 0.6) is 0 Å². The molecule has 0 spiro atoms. The second-order valence-electron chi connectivity index (χ2n) is 4.95. The molecule has 5 nitrogen and oxygen atoms in total. The number of ether oxygens (including phenoxy) is 1. The summed E-state index contributed by atoms with van der Waals surface area (Å²) in [5.41, 5.74) is 3.58. The number of rotatable bonds is 1. The molecule has 4 rings (SSSR count). The van der Waals surface area contributed by atoms with Gasteiger partial charge in [-0.3, -0.25) is 4.98 Å². The smallest absolute Gasteiger partial charge is 0.130 e. The van der Waals surface area contributed by atoms with Gasteiger partial charge in [-0.05, 0) is 12.5 Å². The van der Waals surface area contributed by atoms with Crippen LogP contribution in [0.1, 0.15) is 5.56 Å². The molecule has 1 saturated heterocycles. The van der Waals surface area contributed by atoms with E-state index in [2.05, 4.69) is 26.3 Å². The average Bonchev–Trinajstić information content (AvgIpc) is 2.96. The maximum absolute atomic E-state index is 5.44. The molecule has 1 N–H and O–H groups in total. The highest BCUT2D eigenvalue weighted by molar-refractivity contribution is 5.97. The maximum atomic E-state index is 5.44. The predicted molar refractivity (Wildman–Crippen MR) is 74.8 cm³/mol. The third kappa shape index (κ3) is 1.73. The number of aromatic nitrogens is 2. The van der Waals surface area contributed by atoms with Crippen LogP contribution in [-0.2, 0) is 11.2 Å². The standard InChI is InChI=1S/C14H16N4O/c1-3-16-14-10(1)13-11(9-17-14)15-4-2-12(13)18-5-7-19-8-6-18/h2,4,9H,1,3,5-8H2,(H,16,17). The van der Waals surface area contributed by atoms with Gasteiger partial charge in [-0.1, -0.05) is 0 Å². The molecule has 5 heteroatoms. The Morgan fingerprint density at radius 1 is 1.21 bits per heavy atom. The molecule has 1 fully saturated rings. The summed E-state index contributed by atoms with van der Waals surface area (Å²) < 4.78 is 5.44. The van der Waals surface area contributed by atoms with Crippen molar-refractivity contribution in [2.45, 2.75) is 6.42 Å². The zero-order valence-electron chi connectivity index (χ0n) is 10.7. The van der Waals surface area contributed by atoms with E-state index < -0.39 is 0 Å². The highest BCUT2D eigenvalue weighted by Gasteiger charge is 2.21. The monoisotopic (exact) mass is 256 g/mol. The molecule has 4 heterocycles. The fraction of sp³-hybridized carbons (Fsp3) is 0.429. The van der Waals surface area contributed by atoms with E-state index in [-0.39, 0.29) is 0 Å². The fourth-order valence-electron chi connectivity index (χ4n) is 2.97. The first-order chi connectivity index (χ1) is 9.43. The van der Waals surface area contributed by atoms with Gasteiger partial charge in [-0.2, -0.15) is 0 Å². The van der Waals surface area contributed by atoms with E-state index in [9.17, 15) is 0 Å². The second kappa shape index (κ2) is 4.35. The zero-order chi connectivity index (χ0) is 12.7. The fourth-order valence-corrected chi connectivity index (χ4v) is 2.97. The van der Waals surface area contributed by atoms with Crippen molar-refractivity contribution in [3.8, 4) is 0 Å². The van der Waals surface area contributed by atoms with Crippen molar-refractivity contribution in [3.63, 3.8) is 0 Å². The molecule has 0 atom stereocenters. The van der Waals surface area contributed by atoms with Crippen LogP contribution >= 0.6 is 0 Å². The third-order valence-corrected chi connectivity index (χ3v) is 3.88. The number of nitrogens with zero attached hydrogens (tertiary/aromatic N) is 3. The van der Waals surface area contributed by atoms with Crippen molar-refractivity contribution >= 4 is 22.4 Å². The summed E-state index contributed by atoms with van der Waals surface area (Å²) in [4.78, 5) is 11.3. The number of hydrogen-bond acceptors (Lipinski definition) is 5. The number of fused-ring (bicyclic) bond motifs is 3. The van der Waals surface area contributed by atoms with E-state index in [4.69, 9.17) is 4.74 Å². The lowest BCUT2D eigenvalue weighted by atomic mass is 10.1. The van der Waals surface area contributed by atoms with Crippen molar-refractivity contribution < 1.29 is 4.74 Å². The van der Waals surface area contributed by atoms with Crippen molar-refractivity contribution in [2.75, 3.05) is 43.1 Å². The molecule has 0 aliphatic carbocycles. The maximum Gasteiger partial charge on any atom is 0.130 e. The summed E-state index contributed by atoms with van der Waals surface area (Å²) in [6.07, 6.45) is 4.78. The van der Waals surface area contributed by atoms with Gasteiger partial charge in [0.25, 0.3) is 0 Å². The topological polar surface area (TPSA) is 50.3 Å². The Bertz CT molecular complexity index is 622. The van der Waals surface area contributed by atoms with Gasteiger partial charge in [-0.25, -0.2) is 4.98 Å².